The molecule has 1 aromatic rings. The first-order valence-corrected chi connectivity index (χ1v) is 6.76. The van der Waals surface area contributed by atoms with Gasteiger partial charge in [0.2, 0.25) is 0 Å². The van der Waals surface area contributed by atoms with Crippen molar-refractivity contribution in [3.05, 3.63) is 35.4 Å². The number of carbonyl (C=O) groups excluding carboxylic acids is 1. The van der Waals surface area contributed by atoms with E-state index in [1.165, 1.54) is 0 Å². The van der Waals surface area contributed by atoms with E-state index in [0.29, 0.717) is 6.54 Å². The Kier molecular flexibility index (Phi) is 6.44. The second-order valence-electron chi connectivity index (χ2n) is 5.15. The Hall–Kier alpha value is -2.32. The Bertz CT molecular complexity index is 542. The van der Waals surface area contributed by atoms with Crippen LogP contribution in [0, 0.1) is 17.2 Å². The van der Waals surface area contributed by atoms with E-state index in [1.807, 2.05) is 56.3 Å². The Morgan fingerprint density at radius 3 is 2.52 bits per heavy atom. The van der Waals surface area contributed by atoms with E-state index in [4.69, 9.17) is 10.4 Å². The number of nitrogens with zero attached hydrogens (tertiary/aromatic N) is 2. The summed E-state index contributed by atoms with van der Waals surface area (Å²) in [6.45, 7) is 2.15. The minimum atomic E-state index is -0.422. The van der Waals surface area contributed by atoms with E-state index in [1.54, 1.807) is 6.08 Å². The van der Waals surface area contributed by atoms with Gasteiger partial charge in [0.15, 0.2) is 0 Å². The zero-order chi connectivity index (χ0) is 15.8. The van der Waals surface area contributed by atoms with Crippen LogP contribution in [-0.4, -0.2) is 38.3 Å². The van der Waals surface area contributed by atoms with Gasteiger partial charge in [-0.15, -0.1) is 0 Å². The van der Waals surface area contributed by atoms with Crippen LogP contribution in [0.1, 0.15) is 12.5 Å². The number of hydrogen-bond donors (Lipinski definition) is 2. The molecular formula is C16H21N3O2. The van der Waals surface area contributed by atoms with Gasteiger partial charge in [0.25, 0.3) is 5.91 Å². The number of amides is 1. The lowest BCUT2D eigenvalue weighted by Crippen LogP contribution is -2.30. The maximum Gasteiger partial charge on any atom is 0.261 e. The van der Waals surface area contributed by atoms with Crippen LogP contribution >= 0.6 is 0 Å². The molecule has 2 N–H and O–H groups in total. The molecule has 0 bridgehead atoms. The van der Waals surface area contributed by atoms with Crippen molar-refractivity contribution in [2.24, 2.45) is 5.92 Å². The molecule has 1 amide bonds. The highest BCUT2D eigenvalue weighted by molar-refractivity contribution is 6.01. The van der Waals surface area contributed by atoms with Crippen molar-refractivity contribution in [2.75, 3.05) is 32.1 Å². The molecule has 1 aromatic carbocycles. The Morgan fingerprint density at radius 2 is 2.05 bits per heavy atom. The summed E-state index contributed by atoms with van der Waals surface area (Å²) >= 11 is 0. The van der Waals surface area contributed by atoms with E-state index < -0.39 is 5.91 Å². The summed E-state index contributed by atoms with van der Waals surface area (Å²) in [5, 5.41) is 20.6. The fourth-order valence-electron chi connectivity index (χ4n) is 1.61. The molecule has 0 aromatic heterocycles. The lowest BCUT2D eigenvalue weighted by molar-refractivity contribution is -0.117. The van der Waals surface area contributed by atoms with Gasteiger partial charge in [0, 0.05) is 32.9 Å². The van der Waals surface area contributed by atoms with Gasteiger partial charge >= 0.3 is 0 Å². The number of aliphatic hydroxyl groups is 1. The molecule has 0 aliphatic rings. The molecule has 0 aliphatic carbocycles. The number of aliphatic hydroxyl groups excluding tert-OH is 1. The highest BCUT2D eigenvalue weighted by Gasteiger charge is 2.10. The molecule has 0 spiro atoms. The number of hydrogen-bond acceptors (Lipinski definition) is 4. The van der Waals surface area contributed by atoms with Crippen LogP contribution in [0.5, 0.6) is 0 Å². The molecule has 5 heteroatoms. The van der Waals surface area contributed by atoms with Crippen LogP contribution < -0.4 is 10.2 Å². The summed E-state index contributed by atoms with van der Waals surface area (Å²) in [4.78, 5) is 13.9. The summed E-state index contributed by atoms with van der Waals surface area (Å²) in [5.41, 5.74) is 1.90. The second-order valence-corrected chi connectivity index (χ2v) is 5.15. The quantitative estimate of drug-likeness (QED) is 0.612. The smallest absolute Gasteiger partial charge is 0.261 e. The molecule has 0 heterocycles. The van der Waals surface area contributed by atoms with E-state index in [2.05, 4.69) is 5.32 Å². The van der Waals surface area contributed by atoms with Crippen molar-refractivity contribution >= 4 is 17.7 Å². The monoisotopic (exact) mass is 287 g/mol. The fraction of sp³-hybridized carbons (Fsp3) is 0.375. The molecule has 5 nitrogen and oxygen atoms in total. The molecule has 112 valence electrons. The zero-order valence-electron chi connectivity index (χ0n) is 12.6. The summed E-state index contributed by atoms with van der Waals surface area (Å²) in [6.07, 6.45) is 1.55. The van der Waals surface area contributed by atoms with Gasteiger partial charge in [-0.3, -0.25) is 4.79 Å². The van der Waals surface area contributed by atoms with E-state index in [0.717, 1.165) is 11.3 Å². The van der Waals surface area contributed by atoms with Crippen LogP contribution in [-0.2, 0) is 4.79 Å². The van der Waals surface area contributed by atoms with Gasteiger partial charge < -0.3 is 15.3 Å². The SMILES string of the molecule is CC(CO)CNC(=O)/C(C#N)=C/c1ccc(N(C)C)cc1. The van der Waals surface area contributed by atoms with Crippen LogP contribution in [0.4, 0.5) is 5.69 Å². The number of carbonyl (C=O) groups is 1. The van der Waals surface area contributed by atoms with Crippen molar-refractivity contribution in [3.63, 3.8) is 0 Å². The molecular weight excluding hydrogens is 266 g/mol. The number of anilines is 1. The molecule has 1 atom stereocenters. The third-order valence-electron chi connectivity index (χ3n) is 3.01. The van der Waals surface area contributed by atoms with Crippen molar-refractivity contribution in [1.29, 1.82) is 5.26 Å². The lowest BCUT2D eigenvalue weighted by atomic mass is 10.1. The molecule has 1 rings (SSSR count). The predicted octanol–water partition coefficient (Wildman–Crippen LogP) is 1.40. The number of rotatable bonds is 6. The average molecular weight is 287 g/mol. The molecule has 0 saturated heterocycles. The van der Waals surface area contributed by atoms with E-state index in [-0.39, 0.29) is 18.1 Å². The summed E-state index contributed by atoms with van der Waals surface area (Å²) < 4.78 is 0. The summed E-state index contributed by atoms with van der Waals surface area (Å²) in [7, 11) is 3.89. The summed E-state index contributed by atoms with van der Waals surface area (Å²) in [5.74, 6) is -0.456. The third-order valence-corrected chi connectivity index (χ3v) is 3.01. The molecule has 0 saturated carbocycles. The lowest BCUT2D eigenvalue weighted by Gasteiger charge is -2.12. The predicted molar refractivity (Wildman–Crippen MR) is 83.6 cm³/mol. The van der Waals surface area contributed by atoms with Crippen LogP contribution in [0.25, 0.3) is 6.08 Å². The van der Waals surface area contributed by atoms with Crippen molar-refractivity contribution in [1.82, 2.24) is 5.32 Å². The standard InChI is InChI=1S/C16H21N3O2/c1-12(11-20)10-18-16(21)14(9-17)8-13-4-6-15(7-5-13)19(2)3/h4-8,12,20H,10-11H2,1-3H3,(H,18,21)/b14-8+. The van der Waals surface area contributed by atoms with Crippen molar-refractivity contribution < 1.29 is 9.90 Å². The zero-order valence-corrected chi connectivity index (χ0v) is 12.6. The largest absolute Gasteiger partial charge is 0.396 e. The Balaban J connectivity index is 2.79. The van der Waals surface area contributed by atoms with Gasteiger partial charge in [-0.05, 0) is 29.7 Å². The first kappa shape index (κ1) is 16.7. The Morgan fingerprint density at radius 1 is 1.43 bits per heavy atom. The van der Waals surface area contributed by atoms with Crippen LogP contribution in [0.3, 0.4) is 0 Å². The molecule has 0 aliphatic heterocycles. The Labute approximate surface area is 125 Å². The third kappa shape index (κ3) is 5.28. The van der Waals surface area contributed by atoms with Gasteiger partial charge in [0.1, 0.15) is 11.6 Å². The van der Waals surface area contributed by atoms with Crippen LogP contribution in [0.2, 0.25) is 0 Å². The molecule has 1 unspecified atom stereocenters. The fourth-order valence-corrected chi connectivity index (χ4v) is 1.61. The van der Waals surface area contributed by atoms with Crippen molar-refractivity contribution in [2.45, 2.75) is 6.92 Å². The van der Waals surface area contributed by atoms with Crippen LogP contribution in [0.15, 0.2) is 29.8 Å². The van der Waals surface area contributed by atoms with E-state index >= 15 is 0 Å². The number of nitrogens with one attached hydrogen (secondary N) is 1. The average Bonchev–Trinajstić information content (AvgIpc) is 2.50. The second kappa shape index (κ2) is 8.08. The highest BCUT2D eigenvalue weighted by Crippen LogP contribution is 2.14. The van der Waals surface area contributed by atoms with Gasteiger partial charge in [-0.1, -0.05) is 19.1 Å². The summed E-state index contributed by atoms with van der Waals surface area (Å²) in [6, 6.07) is 9.47. The maximum absolute atomic E-state index is 11.9. The van der Waals surface area contributed by atoms with Gasteiger partial charge in [-0.2, -0.15) is 5.26 Å². The van der Waals surface area contributed by atoms with Gasteiger partial charge in [-0.25, -0.2) is 0 Å². The molecule has 0 fully saturated rings. The molecule has 0 radical (unpaired) electrons. The van der Waals surface area contributed by atoms with E-state index in [9.17, 15) is 4.79 Å². The maximum atomic E-state index is 11.9. The normalized spacial score (nSPS) is 12.4. The topological polar surface area (TPSA) is 76.4 Å². The van der Waals surface area contributed by atoms with Crippen molar-refractivity contribution in [3.8, 4) is 6.07 Å². The minimum absolute atomic E-state index is 0.00210. The number of nitriles is 1. The first-order chi connectivity index (χ1) is 9.97. The molecule has 21 heavy (non-hydrogen) atoms. The van der Waals surface area contributed by atoms with Gasteiger partial charge in [0.05, 0.1) is 0 Å². The highest BCUT2D eigenvalue weighted by atomic mass is 16.3. The number of benzene rings is 1. The first-order valence-electron chi connectivity index (χ1n) is 6.76. The minimum Gasteiger partial charge on any atom is -0.396 e.